The van der Waals surface area contributed by atoms with Crippen molar-refractivity contribution in [2.24, 2.45) is 28.6 Å². The lowest BCUT2D eigenvalue weighted by Crippen LogP contribution is -2.49. The Bertz CT molecular complexity index is 592. The molecule has 6 unspecified atom stereocenters. The first kappa shape index (κ1) is 14.6. The summed E-state index contributed by atoms with van der Waals surface area (Å²) in [7, 11) is 0. The standard InChI is InChI=1S/C21H28O/c1-4-14-6-8-18-17-7-5-15-13-16(22)9-11-21(15,3)19(17)10-12-20(14,18)2/h1,5-6,16-19,22H,7-13H2,2-3H3. The van der Waals surface area contributed by atoms with E-state index in [1.54, 1.807) is 5.57 Å². The zero-order valence-corrected chi connectivity index (χ0v) is 13.9. The van der Waals surface area contributed by atoms with E-state index >= 15 is 0 Å². The number of rotatable bonds is 0. The summed E-state index contributed by atoms with van der Waals surface area (Å²) in [4.78, 5) is 0. The number of fused-ring (bicyclic) bond motifs is 5. The van der Waals surface area contributed by atoms with Crippen LogP contribution in [0.4, 0.5) is 0 Å². The second-order valence-electron chi connectivity index (χ2n) is 8.61. The number of aliphatic hydroxyl groups excluding tert-OH is 1. The van der Waals surface area contributed by atoms with Gasteiger partial charge < -0.3 is 5.11 Å². The van der Waals surface area contributed by atoms with Crippen molar-refractivity contribution in [3.63, 3.8) is 0 Å². The maximum atomic E-state index is 10.0. The van der Waals surface area contributed by atoms with Crippen LogP contribution in [0.1, 0.15) is 58.8 Å². The molecule has 118 valence electrons. The van der Waals surface area contributed by atoms with Crippen molar-refractivity contribution in [3.8, 4) is 12.3 Å². The van der Waals surface area contributed by atoms with Crippen LogP contribution >= 0.6 is 0 Å². The van der Waals surface area contributed by atoms with Gasteiger partial charge in [0.15, 0.2) is 0 Å². The van der Waals surface area contributed by atoms with E-state index in [2.05, 4.69) is 31.9 Å². The number of hydrogen-bond acceptors (Lipinski definition) is 1. The van der Waals surface area contributed by atoms with E-state index in [1.807, 2.05) is 0 Å². The Morgan fingerprint density at radius 1 is 1.09 bits per heavy atom. The molecule has 0 spiro atoms. The van der Waals surface area contributed by atoms with Crippen molar-refractivity contribution in [3.05, 3.63) is 23.3 Å². The number of hydrogen-bond donors (Lipinski definition) is 1. The van der Waals surface area contributed by atoms with E-state index in [0.29, 0.717) is 5.41 Å². The fraction of sp³-hybridized carbons (Fsp3) is 0.714. The zero-order valence-electron chi connectivity index (χ0n) is 13.9. The highest BCUT2D eigenvalue weighted by Gasteiger charge is 2.56. The molecule has 1 nitrogen and oxygen atoms in total. The molecule has 0 bridgehead atoms. The summed E-state index contributed by atoms with van der Waals surface area (Å²) in [6.45, 7) is 4.90. The monoisotopic (exact) mass is 296 g/mol. The first-order valence-corrected chi connectivity index (χ1v) is 9.04. The van der Waals surface area contributed by atoms with Crippen LogP contribution in [0, 0.1) is 40.9 Å². The quantitative estimate of drug-likeness (QED) is 0.516. The second kappa shape index (κ2) is 4.75. The van der Waals surface area contributed by atoms with Gasteiger partial charge in [-0.15, -0.1) is 6.42 Å². The van der Waals surface area contributed by atoms with E-state index in [0.717, 1.165) is 30.6 Å². The van der Waals surface area contributed by atoms with Crippen molar-refractivity contribution >= 4 is 0 Å². The molecule has 0 aliphatic heterocycles. The maximum absolute atomic E-state index is 10.0. The van der Waals surface area contributed by atoms with Gasteiger partial charge in [-0.25, -0.2) is 0 Å². The van der Waals surface area contributed by atoms with E-state index in [9.17, 15) is 5.11 Å². The molecule has 0 aromatic rings. The highest BCUT2D eigenvalue weighted by atomic mass is 16.3. The largest absolute Gasteiger partial charge is 0.393 e. The Balaban J connectivity index is 1.68. The SMILES string of the molecule is C#CC1=CCC2C3CC=C4CC(O)CCC4(C)C3CCC12C. The summed E-state index contributed by atoms with van der Waals surface area (Å²) in [5.74, 6) is 5.30. The summed E-state index contributed by atoms with van der Waals surface area (Å²) in [6.07, 6.45) is 18.5. The lowest BCUT2D eigenvalue weighted by Gasteiger charge is -2.57. The van der Waals surface area contributed by atoms with Gasteiger partial charge in [0.25, 0.3) is 0 Å². The minimum Gasteiger partial charge on any atom is -0.393 e. The fourth-order valence-corrected chi connectivity index (χ4v) is 6.43. The molecule has 0 radical (unpaired) electrons. The molecule has 0 heterocycles. The van der Waals surface area contributed by atoms with Crippen LogP contribution in [0.2, 0.25) is 0 Å². The second-order valence-corrected chi connectivity index (χ2v) is 8.61. The number of allylic oxidation sites excluding steroid dienone is 3. The molecular formula is C21H28O. The van der Waals surface area contributed by atoms with Crippen LogP contribution < -0.4 is 0 Å². The van der Waals surface area contributed by atoms with Gasteiger partial charge >= 0.3 is 0 Å². The minimum atomic E-state index is -0.106. The highest BCUT2D eigenvalue weighted by molar-refractivity contribution is 5.39. The molecule has 0 aromatic heterocycles. The van der Waals surface area contributed by atoms with Gasteiger partial charge in [-0.3, -0.25) is 0 Å². The Morgan fingerprint density at radius 3 is 2.64 bits per heavy atom. The predicted molar refractivity (Wildman–Crippen MR) is 90.0 cm³/mol. The molecule has 0 amide bonds. The molecular weight excluding hydrogens is 268 g/mol. The van der Waals surface area contributed by atoms with Crippen LogP contribution in [0.15, 0.2) is 23.3 Å². The molecule has 0 aromatic carbocycles. The van der Waals surface area contributed by atoms with Crippen LogP contribution in [-0.4, -0.2) is 11.2 Å². The van der Waals surface area contributed by atoms with Gasteiger partial charge in [-0.05, 0) is 68.1 Å². The molecule has 1 N–H and O–H groups in total. The van der Waals surface area contributed by atoms with Gasteiger partial charge in [-0.1, -0.05) is 37.5 Å². The summed E-state index contributed by atoms with van der Waals surface area (Å²) >= 11 is 0. The van der Waals surface area contributed by atoms with Gasteiger partial charge in [0.1, 0.15) is 0 Å². The lowest BCUT2D eigenvalue weighted by atomic mass is 9.47. The van der Waals surface area contributed by atoms with Gasteiger partial charge in [0, 0.05) is 11.0 Å². The summed E-state index contributed by atoms with van der Waals surface area (Å²) in [6, 6.07) is 0. The predicted octanol–water partition coefficient (Wildman–Crippen LogP) is 4.48. The third kappa shape index (κ3) is 1.77. The Hall–Kier alpha value is -1.00. The molecule has 0 saturated heterocycles. The van der Waals surface area contributed by atoms with Crippen LogP contribution in [0.5, 0.6) is 0 Å². The average Bonchev–Trinajstić information content (AvgIpc) is 2.84. The van der Waals surface area contributed by atoms with Gasteiger partial charge in [0.05, 0.1) is 6.10 Å². The smallest absolute Gasteiger partial charge is 0.0577 e. The maximum Gasteiger partial charge on any atom is 0.0577 e. The van der Waals surface area contributed by atoms with Crippen LogP contribution in [-0.2, 0) is 0 Å². The van der Waals surface area contributed by atoms with E-state index in [1.165, 1.54) is 37.7 Å². The normalized spacial score (nSPS) is 50.1. The molecule has 22 heavy (non-hydrogen) atoms. The first-order valence-electron chi connectivity index (χ1n) is 9.04. The number of terminal acetylenes is 1. The zero-order chi connectivity index (χ0) is 15.5. The summed E-state index contributed by atoms with van der Waals surface area (Å²) < 4.78 is 0. The first-order chi connectivity index (χ1) is 10.5. The van der Waals surface area contributed by atoms with Crippen molar-refractivity contribution in [2.45, 2.75) is 64.9 Å². The highest BCUT2D eigenvalue weighted by Crippen LogP contribution is 2.64. The van der Waals surface area contributed by atoms with Crippen molar-refractivity contribution in [2.75, 3.05) is 0 Å². The minimum absolute atomic E-state index is 0.106. The summed E-state index contributed by atoms with van der Waals surface area (Å²) in [5.41, 5.74) is 3.42. The molecule has 2 fully saturated rings. The van der Waals surface area contributed by atoms with E-state index in [-0.39, 0.29) is 11.5 Å². The Labute approximate surface area is 134 Å². The van der Waals surface area contributed by atoms with Crippen molar-refractivity contribution in [1.82, 2.24) is 0 Å². The average molecular weight is 296 g/mol. The van der Waals surface area contributed by atoms with Gasteiger partial charge in [0.2, 0.25) is 0 Å². The molecule has 6 atom stereocenters. The molecule has 2 saturated carbocycles. The Morgan fingerprint density at radius 2 is 1.86 bits per heavy atom. The third-order valence-corrected chi connectivity index (χ3v) is 7.81. The fourth-order valence-electron chi connectivity index (χ4n) is 6.43. The molecule has 4 aliphatic rings. The van der Waals surface area contributed by atoms with Crippen molar-refractivity contribution < 1.29 is 5.11 Å². The van der Waals surface area contributed by atoms with Gasteiger partial charge in [-0.2, -0.15) is 0 Å². The Kier molecular flexibility index (Phi) is 3.15. The molecule has 4 rings (SSSR count). The topological polar surface area (TPSA) is 20.2 Å². The molecule has 4 aliphatic carbocycles. The van der Waals surface area contributed by atoms with E-state index in [4.69, 9.17) is 6.42 Å². The van der Waals surface area contributed by atoms with Crippen molar-refractivity contribution in [1.29, 1.82) is 0 Å². The van der Waals surface area contributed by atoms with Crippen LogP contribution in [0.25, 0.3) is 0 Å². The number of aliphatic hydroxyl groups is 1. The summed E-state index contributed by atoms with van der Waals surface area (Å²) in [5, 5.41) is 10.0. The van der Waals surface area contributed by atoms with Crippen LogP contribution in [0.3, 0.4) is 0 Å². The van der Waals surface area contributed by atoms with E-state index < -0.39 is 0 Å². The lowest BCUT2D eigenvalue weighted by molar-refractivity contribution is -0.0282. The third-order valence-electron chi connectivity index (χ3n) is 7.81. The molecule has 1 heteroatoms.